The zero-order chi connectivity index (χ0) is 11.1. The first-order valence-electron chi connectivity index (χ1n) is 4.75. The molecule has 0 saturated carbocycles. The third kappa shape index (κ3) is 4.25. The predicted octanol–water partition coefficient (Wildman–Crippen LogP) is 2.54. The molecule has 1 N–H and O–H groups in total. The molecule has 0 fully saturated rings. The van der Waals surface area contributed by atoms with Crippen molar-refractivity contribution in [3.8, 4) is 0 Å². The molecular weight excluding hydrogens is 256 g/mol. The van der Waals surface area contributed by atoms with Gasteiger partial charge in [-0.2, -0.15) is 0 Å². The Balaban J connectivity index is 2.43. The topological polar surface area (TPSA) is 42.0 Å². The average molecular weight is 269 g/mol. The quantitative estimate of drug-likeness (QED) is 0.674. The van der Waals surface area contributed by atoms with Gasteiger partial charge in [0.2, 0.25) is 0 Å². The molecule has 80 valence electrons. The average Bonchev–Trinajstić information content (AvgIpc) is 2.25. The summed E-state index contributed by atoms with van der Waals surface area (Å²) in [5.41, 5.74) is 0.443. The van der Waals surface area contributed by atoms with Crippen LogP contribution in [-0.4, -0.2) is 17.4 Å². The molecule has 0 atom stereocenters. The molecule has 0 aromatic carbocycles. The van der Waals surface area contributed by atoms with Gasteiger partial charge in [0.15, 0.2) is 0 Å². The molecule has 1 amide bonds. The van der Waals surface area contributed by atoms with Crippen LogP contribution in [0.25, 0.3) is 0 Å². The summed E-state index contributed by atoms with van der Waals surface area (Å²) in [6, 6.07) is 3.49. The maximum atomic E-state index is 11.5. The fourth-order valence-electron chi connectivity index (χ4n) is 1.04. The lowest BCUT2D eigenvalue weighted by Crippen LogP contribution is -2.24. The normalized spacial score (nSPS) is 10.5. The molecule has 15 heavy (non-hydrogen) atoms. The number of allylic oxidation sites excluding steroid dienone is 1. The number of rotatable bonds is 4. The highest BCUT2D eigenvalue weighted by Gasteiger charge is 2.04. The molecule has 0 unspecified atom stereocenters. The Labute approximate surface area is 97.7 Å². The van der Waals surface area contributed by atoms with Crippen molar-refractivity contribution in [1.29, 1.82) is 0 Å². The van der Waals surface area contributed by atoms with Crippen molar-refractivity contribution in [2.45, 2.75) is 13.3 Å². The van der Waals surface area contributed by atoms with Crippen LogP contribution in [0.4, 0.5) is 0 Å². The minimum absolute atomic E-state index is 0.132. The van der Waals surface area contributed by atoms with Gasteiger partial charge in [-0.3, -0.25) is 4.79 Å². The van der Waals surface area contributed by atoms with Crippen LogP contribution in [0.1, 0.15) is 23.8 Å². The maximum absolute atomic E-state index is 11.5. The van der Waals surface area contributed by atoms with Gasteiger partial charge in [-0.1, -0.05) is 12.2 Å². The Hall–Kier alpha value is -1.16. The van der Waals surface area contributed by atoms with Crippen molar-refractivity contribution >= 4 is 21.8 Å². The standard InChI is InChI=1S/C11H13BrN2O/c1-2-3-4-7-13-11(15)10-6-5-9(12)8-14-10/h2-3,5-6,8H,4,7H2,1H3,(H,13,15)/b3-2+. The van der Waals surface area contributed by atoms with E-state index in [-0.39, 0.29) is 5.91 Å². The number of amides is 1. The van der Waals surface area contributed by atoms with E-state index in [1.165, 1.54) is 0 Å². The van der Waals surface area contributed by atoms with Gasteiger partial charge < -0.3 is 5.32 Å². The second-order valence-corrected chi connectivity index (χ2v) is 3.89. The molecule has 0 saturated heterocycles. The Morgan fingerprint density at radius 2 is 2.40 bits per heavy atom. The van der Waals surface area contributed by atoms with Crippen LogP contribution in [0.5, 0.6) is 0 Å². The Bertz CT molecular complexity index is 346. The lowest BCUT2D eigenvalue weighted by atomic mass is 10.3. The van der Waals surface area contributed by atoms with E-state index in [9.17, 15) is 4.79 Å². The number of nitrogens with zero attached hydrogens (tertiary/aromatic N) is 1. The summed E-state index contributed by atoms with van der Waals surface area (Å²) in [6.45, 7) is 2.60. The van der Waals surface area contributed by atoms with Crippen molar-refractivity contribution in [2.24, 2.45) is 0 Å². The molecule has 0 aliphatic carbocycles. The smallest absolute Gasteiger partial charge is 0.269 e. The Kier molecular flexibility index (Phi) is 5.04. The molecule has 1 rings (SSSR count). The zero-order valence-corrected chi connectivity index (χ0v) is 10.1. The van der Waals surface area contributed by atoms with E-state index in [0.29, 0.717) is 12.2 Å². The van der Waals surface area contributed by atoms with Gasteiger partial charge in [-0.15, -0.1) is 0 Å². The van der Waals surface area contributed by atoms with Crippen LogP contribution in [0.2, 0.25) is 0 Å². The van der Waals surface area contributed by atoms with E-state index >= 15 is 0 Å². The highest BCUT2D eigenvalue weighted by molar-refractivity contribution is 9.10. The van der Waals surface area contributed by atoms with Crippen molar-refractivity contribution in [2.75, 3.05) is 6.54 Å². The molecule has 0 aliphatic heterocycles. The van der Waals surface area contributed by atoms with E-state index in [1.54, 1.807) is 18.3 Å². The molecule has 1 heterocycles. The number of hydrogen-bond donors (Lipinski definition) is 1. The molecule has 4 heteroatoms. The van der Waals surface area contributed by atoms with Crippen LogP contribution in [-0.2, 0) is 0 Å². The van der Waals surface area contributed by atoms with Crippen LogP contribution in [0.3, 0.4) is 0 Å². The first-order chi connectivity index (χ1) is 7.24. The van der Waals surface area contributed by atoms with Crippen molar-refractivity contribution in [1.82, 2.24) is 10.3 Å². The molecule has 0 bridgehead atoms. The molecular formula is C11H13BrN2O. The van der Waals surface area contributed by atoms with E-state index in [0.717, 1.165) is 10.9 Å². The number of pyridine rings is 1. The van der Waals surface area contributed by atoms with E-state index in [1.807, 2.05) is 19.1 Å². The number of hydrogen-bond acceptors (Lipinski definition) is 2. The van der Waals surface area contributed by atoms with Crippen molar-refractivity contribution < 1.29 is 4.79 Å². The third-order valence-corrected chi connectivity index (χ3v) is 2.26. The van der Waals surface area contributed by atoms with Gasteiger partial charge in [0.1, 0.15) is 5.69 Å². The number of carbonyl (C=O) groups excluding carboxylic acids is 1. The van der Waals surface area contributed by atoms with Crippen LogP contribution >= 0.6 is 15.9 Å². The fourth-order valence-corrected chi connectivity index (χ4v) is 1.27. The van der Waals surface area contributed by atoms with Gasteiger partial charge >= 0.3 is 0 Å². The minimum atomic E-state index is -0.132. The maximum Gasteiger partial charge on any atom is 0.269 e. The lowest BCUT2D eigenvalue weighted by Gasteiger charge is -2.02. The SMILES string of the molecule is C/C=C/CCNC(=O)c1ccc(Br)cn1. The van der Waals surface area contributed by atoms with Gasteiger partial charge in [0.25, 0.3) is 5.91 Å². The summed E-state index contributed by atoms with van der Waals surface area (Å²) in [6.07, 6.45) is 6.43. The number of halogens is 1. The third-order valence-electron chi connectivity index (χ3n) is 1.79. The lowest BCUT2D eigenvalue weighted by molar-refractivity contribution is 0.0949. The zero-order valence-electron chi connectivity index (χ0n) is 8.53. The molecule has 0 radical (unpaired) electrons. The van der Waals surface area contributed by atoms with Crippen molar-refractivity contribution in [3.05, 3.63) is 40.6 Å². The van der Waals surface area contributed by atoms with Gasteiger partial charge in [0, 0.05) is 17.2 Å². The Morgan fingerprint density at radius 1 is 1.60 bits per heavy atom. The second-order valence-electron chi connectivity index (χ2n) is 2.98. The molecule has 1 aromatic heterocycles. The monoisotopic (exact) mass is 268 g/mol. The summed E-state index contributed by atoms with van der Waals surface area (Å²) in [4.78, 5) is 15.5. The molecule has 3 nitrogen and oxygen atoms in total. The largest absolute Gasteiger partial charge is 0.350 e. The van der Waals surface area contributed by atoms with E-state index in [4.69, 9.17) is 0 Å². The second kappa shape index (κ2) is 6.35. The first-order valence-corrected chi connectivity index (χ1v) is 5.54. The predicted molar refractivity (Wildman–Crippen MR) is 63.7 cm³/mol. The van der Waals surface area contributed by atoms with Crippen LogP contribution in [0, 0.1) is 0 Å². The van der Waals surface area contributed by atoms with Gasteiger partial charge in [-0.25, -0.2) is 4.98 Å². The number of carbonyl (C=O) groups is 1. The van der Waals surface area contributed by atoms with Gasteiger partial charge in [-0.05, 0) is 41.4 Å². The fraction of sp³-hybridized carbons (Fsp3) is 0.273. The summed E-state index contributed by atoms with van der Waals surface area (Å²) >= 11 is 3.26. The highest BCUT2D eigenvalue weighted by Crippen LogP contribution is 2.07. The summed E-state index contributed by atoms with van der Waals surface area (Å²) in [7, 11) is 0. The summed E-state index contributed by atoms with van der Waals surface area (Å²) in [5, 5.41) is 2.79. The Morgan fingerprint density at radius 3 is 3.00 bits per heavy atom. The van der Waals surface area contributed by atoms with E-state index in [2.05, 4.69) is 26.2 Å². The summed E-state index contributed by atoms with van der Waals surface area (Å²) in [5.74, 6) is -0.132. The number of nitrogens with one attached hydrogen (secondary N) is 1. The molecule has 1 aromatic rings. The first kappa shape index (κ1) is 11.9. The van der Waals surface area contributed by atoms with Gasteiger partial charge in [0.05, 0.1) is 0 Å². The van der Waals surface area contributed by atoms with Crippen LogP contribution < -0.4 is 5.32 Å². The molecule has 0 aliphatic rings. The minimum Gasteiger partial charge on any atom is -0.350 e. The van der Waals surface area contributed by atoms with E-state index < -0.39 is 0 Å². The van der Waals surface area contributed by atoms with Crippen LogP contribution in [0.15, 0.2) is 35.0 Å². The highest BCUT2D eigenvalue weighted by atomic mass is 79.9. The number of aromatic nitrogens is 1. The molecule has 0 spiro atoms. The summed E-state index contributed by atoms with van der Waals surface area (Å²) < 4.78 is 0.868. The van der Waals surface area contributed by atoms with Crippen molar-refractivity contribution in [3.63, 3.8) is 0 Å².